The zero-order chi connectivity index (χ0) is 18.3. The van der Waals surface area contributed by atoms with E-state index >= 15 is 0 Å². The Morgan fingerprint density at radius 1 is 1.04 bits per heavy atom. The highest BCUT2D eigenvalue weighted by Crippen LogP contribution is 2.44. The average Bonchev–Trinajstić information content (AvgIpc) is 2.69. The van der Waals surface area contributed by atoms with Gasteiger partial charge in [0, 0.05) is 5.57 Å². The van der Waals surface area contributed by atoms with Crippen LogP contribution in [0.25, 0.3) is 0 Å². The highest BCUT2D eigenvalue weighted by atomic mass is 32.2. The maximum absolute atomic E-state index is 11.7. The fourth-order valence-electron chi connectivity index (χ4n) is 2.67. The van der Waals surface area contributed by atoms with Gasteiger partial charge in [0.15, 0.2) is 0 Å². The van der Waals surface area contributed by atoms with Gasteiger partial charge in [-0.1, -0.05) is 46.7 Å². The standard InChI is InChI=1S/C21H32O2S/c1-15(2)9-7-10-16(3)11-8-12-17(4)13-14-21(6)19(22)18(5)20(23)24-21/h9,11,13,22H,7-8,10,12,14H2,1-6H3/b16-11-,17-13-. The summed E-state index contributed by atoms with van der Waals surface area (Å²) in [4.78, 5) is 11.7. The molecule has 0 radical (unpaired) electrons. The zero-order valence-corrected chi connectivity index (χ0v) is 16.8. The molecule has 134 valence electrons. The van der Waals surface area contributed by atoms with Crippen LogP contribution in [-0.2, 0) is 4.79 Å². The van der Waals surface area contributed by atoms with Crippen LogP contribution in [0, 0.1) is 0 Å². The molecule has 24 heavy (non-hydrogen) atoms. The third-order valence-corrected chi connectivity index (χ3v) is 5.75. The molecular formula is C21H32O2S. The van der Waals surface area contributed by atoms with E-state index in [0.29, 0.717) is 12.0 Å². The van der Waals surface area contributed by atoms with Crippen LogP contribution in [0.1, 0.15) is 73.6 Å². The van der Waals surface area contributed by atoms with Gasteiger partial charge in [-0.2, -0.15) is 0 Å². The Bertz CT molecular complexity index is 589. The summed E-state index contributed by atoms with van der Waals surface area (Å²) in [5.74, 6) is 0.247. The molecule has 1 unspecified atom stereocenters. The number of hydrogen-bond donors (Lipinski definition) is 1. The van der Waals surface area contributed by atoms with Crippen molar-refractivity contribution in [2.75, 3.05) is 0 Å². The second-order valence-corrected chi connectivity index (χ2v) is 8.73. The van der Waals surface area contributed by atoms with E-state index < -0.39 is 4.75 Å². The van der Waals surface area contributed by atoms with Gasteiger partial charge in [0.25, 0.3) is 0 Å². The van der Waals surface area contributed by atoms with Crippen molar-refractivity contribution in [1.29, 1.82) is 0 Å². The first-order valence-electron chi connectivity index (χ1n) is 8.74. The van der Waals surface area contributed by atoms with Gasteiger partial charge in [0.2, 0.25) is 5.12 Å². The van der Waals surface area contributed by atoms with Crippen molar-refractivity contribution >= 4 is 16.9 Å². The summed E-state index contributed by atoms with van der Waals surface area (Å²) in [6.07, 6.45) is 11.8. The Hall–Kier alpha value is -1.22. The van der Waals surface area contributed by atoms with Crippen molar-refractivity contribution in [3.05, 3.63) is 46.3 Å². The molecule has 1 rings (SSSR count). The minimum Gasteiger partial charge on any atom is -0.510 e. The first-order valence-corrected chi connectivity index (χ1v) is 9.55. The van der Waals surface area contributed by atoms with Crippen molar-refractivity contribution < 1.29 is 9.90 Å². The van der Waals surface area contributed by atoms with E-state index in [1.54, 1.807) is 6.92 Å². The average molecular weight is 349 g/mol. The Balaban J connectivity index is 2.46. The van der Waals surface area contributed by atoms with Crippen molar-refractivity contribution in [2.24, 2.45) is 0 Å². The number of carbonyl (C=O) groups is 1. The molecule has 3 heteroatoms. The van der Waals surface area contributed by atoms with Gasteiger partial charge in [0.1, 0.15) is 5.76 Å². The fraction of sp³-hybridized carbons (Fsp3) is 0.571. The quantitative estimate of drug-likeness (QED) is 0.498. The Morgan fingerprint density at radius 2 is 1.58 bits per heavy atom. The van der Waals surface area contributed by atoms with Gasteiger partial charge < -0.3 is 5.11 Å². The summed E-state index contributed by atoms with van der Waals surface area (Å²) in [6, 6.07) is 0. The van der Waals surface area contributed by atoms with E-state index in [-0.39, 0.29) is 10.9 Å². The minimum atomic E-state index is -0.488. The maximum Gasteiger partial charge on any atom is 0.219 e. The number of aliphatic hydroxyl groups is 1. The second kappa shape index (κ2) is 9.31. The molecule has 1 aliphatic heterocycles. The minimum absolute atomic E-state index is 0.00373. The van der Waals surface area contributed by atoms with E-state index in [9.17, 15) is 9.90 Å². The largest absolute Gasteiger partial charge is 0.510 e. The number of carbonyl (C=O) groups excluding carboxylic acids is 1. The van der Waals surface area contributed by atoms with E-state index in [0.717, 1.165) is 25.7 Å². The number of thioether (sulfide) groups is 1. The van der Waals surface area contributed by atoms with Gasteiger partial charge in [0.05, 0.1) is 4.75 Å². The normalized spacial score (nSPS) is 22.3. The molecule has 0 aromatic heterocycles. The smallest absolute Gasteiger partial charge is 0.219 e. The third-order valence-electron chi connectivity index (χ3n) is 4.44. The number of allylic oxidation sites excluding steroid dienone is 6. The molecule has 1 atom stereocenters. The highest BCUT2D eigenvalue weighted by molar-refractivity contribution is 8.15. The predicted molar refractivity (Wildman–Crippen MR) is 106 cm³/mol. The molecule has 0 aliphatic carbocycles. The van der Waals surface area contributed by atoms with E-state index in [2.05, 4.69) is 45.9 Å². The lowest BCUT2D eigenvalue weighted by Crippen LogP contribution is -2.19. The van der Waals surface area contributed by atoms with Crippen molar-refractivity contribution in [3.63, 3.8) is 0 Å². The van der Waals surface area contributed by atoms with Crippen LogP contribution in [0.5, 0.6) is 0 Å². The SMILES string of the molecule is CC(C)=CCC/C(C)=C\CC/C(C)=C\CC1(C)SC(=O)C(C)=C1O. The molecule has 0 aromatic rings. The van der Waals surface area contributed by atoms with Gasteiger partial charge in [-0.3, -0.25) is 4.79 Å². The third kappa shape index (κ3) is 6.35. The van der Waals surface area contributed by atoms with E-state index in [4.69, 9.17) is 0 Å². The van der Waals surface area contributed by atoms with Crippen molar-refractivity contribution in [3.8, 4) is 0 Å². The number of aliphatic hydroxyl groups excluding tert-OH is 1. The summed E-state index contributed by atoms with van der Waals surface area (Å²) in [5.41, 5.74) is 4.64. The molecule has 0 fully saturated rings. The lowest BCUT2D eigenvalue weighted by Gasteiger charge is -2.20. The molecule has 1 aliphatic rings. The highest BCUT2D eigenvalue weighted by Gasteiger charge is 2.40. The summed E-state index contributed by atoms with van der Waals surface area (Å²) < 4.78 is -0.488. The molecule has 0 aromatic carbocycles. The summed E-state index contributed by atoms with van der Waals surface area (Å²) >= 11 is 1.24. The summed E-state index contributed by atoms with van der Waals surface area (Å²) in [6.45, 7) is 12.3. The molecule has 1 heterocycles. The summed E-state index contributed by atoms with van der Waals surface area (Å²) in [5, 5.41) is 10.2. The van der Waals surface area contributed by atoms with Crippen molar-refractivity contribution in [2.45, 2.75) is 78.4 Å². The molecule has 0 saturated heterocycles. The molecular weight excluding hydrogens is 316 g/mol. The topological polar surface area (TPSA) is 37.3 Å². The van der Waals surface area contributed by atoms with Crippen molar-refractivity contribution in [1.82, 2.24) is 0 Å². The lowest BCUT2D eigenvalue weighted by molar-refractivity contribution is -0.107. The van der Waals surface area contributed by atoms with Crippen LogP contribution in [0.15, 0.2) is 46.3 Å². The van der Waals surface area contributed by atoms with Gasteiger partial charge >= 0.3 is 0 Å². The molecule has 2 nitrogen and oxygen atoms in total. The van der Waals surface area contributed by atoms with Crippen LogP contribution in [0.3, 0.4) is 0 Å². The van der Waals surface area contributed by atoms with Crippen LogP contribution in [0.2, 0.25) is 0 Å². The Morgan fingerprint density at radius 3 is 2.08 bits per heavy atom. The first kappa shape index (κ1) is 20.8. The number of hydrogen-bond acceptors (Lipinski definition) is 3. The van der Waals surface area contributed by atoms with Crippen LogP contribution < -0.4 is 0 Å². The molecule has 0 bridgehead atoms. The van der Waals surface area contributed by atoms with Crippen LogP contribution >= 0.6 is 11.8 Å². The van der Waals surface area contributed by atoms with Gasteiger partial charge in [-0.25, -0.2) is 0 Å². The maximum atomic E-state index is 11.7. The molecule has 0 saturated carbocycles. The van der Waals surface area contributed by atoms with Gasteiger partial charge in [-0.05, 0) is 73.6 Å². The van der Waals surface area contributed by atoms with Crippen LogP contribution in [0.4, 0.5) is 0 Å². The molecule has 1 N–H and O–H groups in total. The van der Waals surface area contributed by atoms with Gasteiger partial charge in [-0.15, -0.1) is 0 Å². The Kier molecular flexibility index (Phi) is 8.08. The molecule has 0 spiro atoms. The Labute approximate surface area is 151 Å². The zero-order valence-electron chi connectivity index (χ0n) is 16.0. The fourth-order valence-corrected chi connectivity index (χ4v) is 3.74. The first-order chi connectivity index (χ1) is 11.2. The lowest BCUT2D eigenvalue weighted by atomic mass is 9.99. The molecule has 0 amide bonds. The van der Waals surface area contributed by atoms with E-state index in [1.807, 2.05) is 6.92 Å². The number of rotatable bonds is 8. The van der Waals surface area contributed by atoms with Crippen LogP contribution in [-0.4, -0.2) is 15.0 Å². The predicted octanol–water partition coefficient (Wildman–Crippen LogP) is 6.66. The summed E-state index contributed by atoms with van der Waals surface area (Å²) in [7, 11) is 0. The monoisotopic (exact) mass is 348 g/mol. The second-order valence-electron chi connectivity index (χ2n) is 7.26. The van der Waals surface area contributed by atoms with E-state index in [1.165, 1.54) is 28.5 Å².